The van der Waals surface area contributed by atoms with E-state index in [1.165, 1.54) is 6.33 Å². The Bertz CT molecular complexity index is 434. The van der Waals surface area contributed by atoms with Crippen molar-refractivity contribution in [3.8, 4) is 16.9 Å². The lowest BCUT2D eigenvalue weighted by Crippen LogP contribution is -1.90. The van der Waals surface area contributed by atoms with E-state index in [2.05, 4.69) is 9.97 Å². The van der Waals surface area contributed by atoms with Crippen LogP contribution in [0.2, 0.25) is 0 Å². The molecular weight excluding hydrogens is 195 g/mol. The number of alkyl halides is 1. The van der Waals surface area contributed by atoms with E-state index in [9.17, 15) is 4.39 Å². The van der Waals surface area contributed by atoms with Crippen LogP contribution < -0.4 is 4.74 Å². The molecule has 4 heteroatoms. The maximum Gasteiger partial charge on any atom is 0.228 e. The van der Waals surface area contributed by atoms with Crippen LogP contribution in [0.25, 0.3) is 11.1 Å². The number of nitrogens with zero attached hydrogens (tertiary/aromatic N) is 2. The molecule has 0 N–H and O–H groups in total. The van der Waals surface area contributed by atoms with Crippen molar-refractivity contribution in [2.45, 2.75) is 0 Å². The molecule has 2 rings (SSSR count). The van der Waals surface area contributed by atoms with Crippen LogP contribution in [0.4, 0.5) is 4.39 Å². The molecule has 0 unspecified atom stereocenters. The highest BCUT2D eigenvalue weighted by molar-refractivity contribution is 5.63. The van der Waals surface area contributed by atoms with Gasteiger partial charge in [-0.25, -0.2) is 14.4 Å². The zero-order valence-corrected chi connectivity index (χ0v) is 7.93. The third kappa shape index (κ3) is 2.28. The molecule has 0 saturated heterocycles. The van der Waals surface area contributed by atoms with Crippen molar-refractivity contribution in [3.63, 3.8) is 0 Å². The van der Waals surface area contributed by atoms with Gasteiger partial charge in [0.15, 0.2) is 0 Å². The maximum atomic E-state index is 12.0. The number of ether oxygens (including phenoxy) is 1. The zero-order chi connectivity index (χ0) is 10.5. The molecule has 0 aliphatic carbocycles. The molecule has 76 valence electrons. The Morgan fingerprint density at radius 2 is 1.93 bits per heavy atom. The van der Waals surface area contributed by atoms with Crippen LogP contribution in [0.1, 0.15) is 0 Å². The van der Waals surface area contributed by atoms with Gasteiger partial charge in [-0.05, 0) is 17.7 Å². The summed E-state index contributed by atoms with van der Waals surface area (Å²) in [6.07, 6.45) is 4.86. The average Bonchev–Trinajstić information content (AvgIpc) is 2.31. The molecule has 0 spiro atoms. The van der Waals surface area contributed by atoms with Gasteiger partial charge in [0.2, 0.25) is 6.86 Å². The quantitative estimate of drug-likeness (QED) is 0.770. The van der Waals surface area contributed by atoms with Crippen molar-refractivity contribution < 1.29 is 9.13 Å². The molecule has 3 nitrogen and oxygen atoms in total. The molecular formula is C11H9FN2O. The second-order valence-electron chi connectivity index (χ2n) is 2.91. The summed E-state index contributed by atoms with van der Waals surface area (Å²) < 4.78 is 16.7. The number of benzene rings is 1. The van der Waals surface area contributed by atoms with Crippen molar-refractivity contribution >= 4 is 0 Å². The molecule has 15 heavy (non-hydrogen) atoms. The molecule has 1 aromatic heterocycles. The van der Waals surface area contributed by atoms with Crippen LogP contribution in [-0.4, -0.2) is 16.8 Å². The Kier molecular flexibility index (Phi) is 2.88. The fourth-order valence-corrected chi connectivity index (χ4v) is 1.28. The van der Waals surface area contributed by atoms with Crippen molar-refractivity contribution in [1.82, 2.24) is 9.97 Å². The second-order valence-corrected chi connectivity index (χ2v) is 2.91. The van der Waals surface area contributed by atoms with E-state index >= 15 is 0 Å². The first-order chi connectivity index (χ1) is 7.40. The summed E-state index contributed by atoms with van der Waals surface area (Å²) in [5.41, 5.74) is 1.78. The molecule has 0 aliphatic rings. The fraction of sp³-hybridized carbons (Fsp3) is 0.0909. The van der Waals surface area contributed by atoms with Gasteiger partial charge in [-0.1, -0.05) is 12.1 Å². The highest BCUT2D eigenvalue weighted by atomic mass is 19.1. The van der Waals surface area contributed by atoms with Gasteiger partial charge in [0.25, 0.3) is 0 Å². The lowest BCUT2D eigenvalue weighted by Gasteiger charge is -2.04. The number of hydrogen-bond acceptors (Lipinski definition) is 3. The zero-order valence-electron chi connectivity index (χ0n) is 7.93. The predicted octanol–water partition coefficient (Wildman–Crippen LogP) is 2.45. The number of aromatic nitrogens is 2. The Hall–Kier alpha value is -1.97. The summed E-state index contributed by atoms with van der Waals surface area (Å²) in [5, 5.41) is 0. The Morgan fingerprint density at radius 1 is 1.13 bits per heavy atom. The minimum absolute atomic E-state index is 0.499. The van der Waals surface area contributed by atoms with Crippen molar-refractivity contribution in [3.05, 3.63) is 43.0 Å². The van der Waals surface area contributed by atoms with Crippen molar-refractivity contribution in [2.24, 2.45) is 0 Å². The lowest BCUT2D eigenvalue weighted by atomic mass is 10.1. The summed E-state index contributed by atoms with van der Waals surface area (Å²) in [4.78, 5) is 7.82. The minimum atomic E-state index is -0.825. The molecule has 0 bridgehead atoms. The molecule has 1 aromatic carbocycles. The van der Waals surface area contributed by atoms with Gasteiger partial charge in [-0.15, -0.1) is 0 Å². The fourth-order valence-electron chi connectivity index (χ4n) is 1.28. The van der Waals surface area contributed by atoms with Gasteiger partial charge in [-0.2, -0.15) is 0 Å². The standard InChI is InChI=1S/C11H9FN2O/c12-7-15-11-3-1-2-9(4-11)10-5-13-8-14-6-10/h1-6,8H,7H2. The van der Waals surface area contributed by atoms with Crippen LogP contribution in [0, 0.1) is 0 Å². The highest BCUT2D eigenvalue weighted by Gasteiger charge is 1.99. The van der Waals surface area contributed by atoms with E-state index in [0.717, 1.165) is 11.1 Å². The minimum Gasteiger partial charge on any atom is -0.463 e. The van der Waals surface area contributed by atoms with E-state index < -0.39 is 6.86 Å². The lowest BCUT2D eigenvalue weighted by molar-refractivity contribution is 0.192. The second kappa shape index (κ2) is 4.50. The first-order valence-electron chi connectivity index (χ1n) is 4.44. The van der Waals surface area contributed by atoms with Gasteiger partial charge >= 0.3 is 0 Å². The van der Waals surface area contributed by atoms with E-state index in [0.29, 0.717) is 5.75 Å². The molecule has 0 aliphatic heterocycles. The van der Waals surface area contributed by atoms with Gasteiger partial charge < -0.3 is 4.74 Å². The SMILES string of the molecule is FCOc1cccc(-c2cncnc2)c1. The van der Waals surface area contributed by atoms with E-state index in [4.69, 9.17) is 4.74 Å². The Labute approximate surface area is 86.6 Å². The first-order valence-corrected chi connectivity index (χ1v) is 4.44. The largest absolute Gasteiger partial charge is 0.463 e. The van der Waals surface area contributed by atoms with Crippen LogP contribution in [0.5, 0.6) is 5.75 Å². The third-order valence-corrected chi connectivity index (χ3v) is 1.95. The van der Waals surface area contributed by atoms with Gasteiger partial charge in [0, 0.05) is 18.0 Å². The monoisotopic (exact) mass is 204 g/mol. The summed E-state index contributed by atoms with van der Waals surface area (Å²) in [6.45, 7) is -0.825. The van der Waals surface area contributed by atoms with Crippen molar-refractivity contribution in [1.29, 1.82) is 0 Å². The maximum absolute atomic E-state index is 12.0. The number of halogens is 1. The molecule has 0 fully saturated rings. The smallest absolute Gasteiger partial charge is 0.228 e. The van der Waals surface area contributed by atoms with Crippen molar-refractivity contribution in [2.75, 3.05) is 6.86 Å². The Morgan fingerprint density at radius 3 is 2.67 bits per heavy atom. The van der Waals surface area contributed by atoms with E-state index in [-0.39, 0.29) is 0 Å². The normalized spacial score (nSPS) is 9.93. The van der Waals surface area contributed by atoms with Gasteiger partial charge in [0.1, 0.15) is 12.1 Å². The summed E-state index contributed by atoms with van der Waals surface area (Å²) in [5.74, 6) is 0.499. The molecule has 0 atom stereocenters. The molecule has 0 saturated carbocycles. The molecule has 2 aromatic rings. The average molecular weight is 204 g/mol. The van der Waals surface area contributed by atoms with E-state index in [1.807, 2.05) is 6.07 Å². The summed E-state index contributed by atoms with van der Waals surface area (Å²) in [6, 6.07) is 7.14. The van der Waals surface area contributed by atoms with Crippen LogP contribution in [0.15, 0.2) is 43.0 Å². The molecule has 0 radical (unpaired) electrons. The number of rotatable bonds is 3. The van der Waals surface area contributed by atoms with Crippen LogP contribution in [-0.2, 0) is 0 Å². The molecule has 0 amide bonds. The third-order valence-electron chi connectivity index (χ3n) is 1.95. The summed E-state index contributed by atoms with van der Waals surface area (Å²) >= 11 is 0. The first kappa shape index (κ1) is 9.58. The van der Waals surface area contributed by atoms with E-state index in [1.54, 1.807) is 30.6 Å². The summed E-state index contributed by atoms with van der Waals surface area (Å²) in [7, 11) is 0. The van der Waals surface area contributed by atoms with Crippen LogP contribution >= 0.6 is 0 Å². The topological polar surface area (TPSA) is 35.0 Å². The van der Waals surface area contributed by atoms with Gasteiger partial charge in [0.05, 0.1) is 0 Å². The number of hydrogen-bond donors (Lipinski definition) is 0. The van der Waals surface area contributed by atoms with Crippen LogP contribution in [0.3, 0.4) is 0 Å². The van der Waals surface area contributed by atoms with Gasteiger partial charge in [-0.3, -0.25) is 0 Å². The molecule has 1 heterocycles. The Balaban J connectivity index is 2.33. The predicted molar refractivity (Wildman–Crippen MR) is 54.1 cm³/mol. The highest BCUT2D eigenvalue weighted by Crippen LogP contribution is 2.22.